The molecule has 1 aromatic heterocycles. The number of benzene rings is 1. The van der Waals surface area contributed by atoms with Crippen molar-refractivity contribution in [3.05, 3.63) is 29.5 Å². The zero-order valence-corrected chi connectivity index (χ0v) is 9.84. The number of phenolic OH excluding ortho intramolecular Hbond substituents is 1. The van der Waals surface area contributed by atoms with Crippen LogP contribution < -0.4 is 0 Å². The standard InChI is InChI=1S/C12H10F3NO3/c1-2-19-11(18)9-7-5-6(17)3-4-8(7)16-10(9)12(13,14)15/h3-5,16-17H,2H2,1H3. The predicted octanol–water partition coefficient (Wildman–Crippen LogP) is 3.07. The van der Waals surface area contributed by atoms with Crippen molar-refractivity contribution in [1.29, 1.82) is 0 Å². The Labute approximate surface area is 105 Å². The van der Waals surface area contributed by atoms with E-state index < -0.39 is 23.4 Å². The smallest absolute Gasteiger partial charge is 0.432 e. The van der Waals surface area contributed by atoms with Crippen molar-refractivity contribution in [1.82, 2.24) is 4.98 Å². The molecule has 2 aromatic rings. The molecule has 0 spiro atoms. The minimum Gasteiger partial charge on any atom is -0.508 e. The highest BCUT2D eigenvalue weighted by atomic mass is 19.4. The van der Waals surface area contributed by atoms with Crippen LogP contribution in [0.25, 0.3) is 10.9 Å². The van der Waals surface area contributed by atoms with Gasteiger partial charge in [0.25, 0.3) is 0 Å². The molecule has 0 saturated carbocycles. The number of aromatic nitrogens is 1. The molecule has 0 amide bonds. The third-order valence-corrected chi connectivity index (χ3v) is 2.55. The topological polar surface area (TPSA) is 62.3 Å². The lowest BCUT2D eigenvalue weighted by atomic mass is 10.1. The molecule has 0 saturated heterocycles. The van der Waals surface area contributed by atoms with Gasteiger partial charge in [0.15, 0.2) is 0 Å². The summed E-state index contributed by atoms with van der Waals surface area (Å²) in [5.41, 5.74) is -1.68. The number of halogens is 3. The molecular weight excluding hydrogens is 263 g/mol. The van der Waals surface area contributed by atoms with Crippen LogP contribution in [0.4, 0.5) is 13.2 Å². The summed E-state index contributed by atoms with van der Waals surface area (Å²) >= 11 is 0. The first-order valence-corrected chi connectivity index (χ1v) is 5.43. The molecule has 2 rings (SSSR count). The van der Waals surface area contributed by atoms with Gasteiger partial charge in [0, 0.05) is 10.9 Å². The molecule has 0 bridgehead atoms. The summed E-state index contributed by atoms with van der Waals surface area (Å²) < 4.78 is 43.3. The number of nitrogens with one attached hydrogen (secondary N) is 1. The van der Waals surface area contributed by atoms with E-state index in [1.807, 2.05) is 0 Å². The summed E-state index contributed by atoms with van der Waals surface area (Å²) in [5.74, 6) is -1.31. The van der Waals surface area contributed by atoms with Crippen LogP contribution in [-0.4, -0.2) is 22.7 Å². The van der Waals surface area contributed by atoms with Crippen LogP contribution in [0, 0.1) is 0 Å². The van der Waals surface area contributed by atoms with Crippen LogP contribution >= 0.6 is 0 Å². The maximum atomic E-state index is 12.9. The number of aromatic hydroxyl groups is 1. The summed E-state index contributed by atoms with van der Waals surface area (Å²) in [6.07, 6.45) is -4.71. The van der Waals surface area contributed by atoms with Crippen LogP contribution in [0.5, 0.6) is 5.75 Å². The van der Waals surface area contributed by atoms with E-state index >= 15 is 0 Å². The Kier molecular flexibility index (Phi) is 3.13. The molecule has 0 radical (unpaired) electrons. The summed E-state index contributed by atoms with van der Waals surface area (Å²) in [5, 5.41) is 9.31. The molecule has 7 heteroatoms. The first-order valence-electron chi connectivity index (χ1n) is 5.43. The zero-order chi connectivity index (χ0) is 14.2. The molecular formula is C12H10F3NO3. The summed E-state index contributed by atoms with van der Waals surface area (Å²) in [7, 11) is 0. The van der Waals surface area contributed by atoms with Crippen molar-refractivity contribution in [3.63, 3.8) is 0 Å². The molecule has 0 fully saturated rings. The molecule has 0 atom stereocenters. The van der Waals surface area contributed by atoms with Gasteiger partial charge in [-0.15, -0.1) is 0 Å². The number of carbonyl (C=O) groups excluding carboxylic acids is 1. The van der Waals surface area contributed by atoms with Crippen molar-refractivity contribution >= 4 is 16.9 Å². The van der Waals surface area contributed by atoms with Crippen molar-refractivity contribution in [2.45, 2.75) is 13.1 Å². The van der Waals surface area contributed by atoms with Gasteiger partial charge in [0.05, 0.1) is 12.2 Å². The fraction of sp³-hybridized carbons (Fsp3) is 0.250. The third kappa shape index (κ3) is 2.35. The predicted molar refractivity (Wildman–Crippen MR) is 60.9 cm³/mol. The fourth-order valence-corrected chi connectivity index (χ4v) is 1.81. The zero-order valence-electron chi connectivity index (χ0n) is 9.84. The van der Waals surface area contributed by atoms with E-state index in [0.29, 0.717) is 0 Å². The Morgan fingerprint density at radius 2 is 2.11 bits per heavy atom. The molecule has 0 aliphatic carbocycles. The maximum Gasteiger partial charge on any atom is 0.432 e. The number of alkyl halides is 3. The van der Waals surface area contributed by atoms with Crippen LogP contribution in [-0.2, 0) is 10.9 Å². The Hall–Kier alpha value is -2.18. The van der Waals surface area contributed by atoms with E-state index in [4.69, 9.17) is 0 Å². The first-order chi connectivity index (χ1) is 8.84. The Bertz CT molecular complexity index is 631. The van der Waals surface area contributed by atoms with Gasteiger partial charge >= 0.3 is 12.1 Å². The van der Waals surface area contributed by atoms with E-state index in [-0.39, 0.29) is 23.3 Å². The highest BCUT2D eigenvalue weighted by Gasteiger charge is 2.39. The number of fused-ring (bicyclic) bond motifs is 1. The monoisotopic (exact) mass is 273 g/mol. The fourth-order valence-electron chi connectivity index (χ4n) is 1.81. The molecule has 0 aliphatic heterocycles. The average Bonchev–Trinajstić information content (AvgIpc) is 2.67. The molecule has 1 aromatic carbocycles. The number of hydrogen-bond acceptors (Lipinski definition) is 3. The van der Waals surface area contributed by atoms with Crippen LogP contribution in [0.3, 0.4) is 0 Å². The number of carbonyl (C=O) groups is 1. The van der Waals surface area contributed by atoms with Gasteiger partial charge in [0.2, 0.25) is 0 Å². The molecule has 2 N–H and O–H groups in total. The van der Waals surface area contributed by atoms with E-state index in [0.717, 1.165) is 6.07 Å². The molecule has 1 heterocycles. The van der Waals surface area contributed by atoms with Crippen LogP contribution in [0.15, 0.2) is 18.2 Å². The molecule has 0 unspecified atom stereocenters. The number of rotatable bonds is 2. The van der Waals surface area contributed by atoms with Gasteiger partial charge in [-0.3, -0.25) is 0 Å². The lowest BCUT2D eigenvalue weighted by Crippen LogP contribution is -2.14. The number of H-pyrrole nitrogens is 1. The second-order valence-corrected chi connectivity index (χ2v) is 3.82. The van der Waals surface area contributed by atoms with Crippen molar-refractivity contribution < 1.29 is 27.8 Å². The third-order valence-electron chi connectivity index (χ3n) is 2.55. The Balaban J connectivity index is 2.74. The van der Waals surface area contributed by atoms with E-state index in [1.54, 1.807) is 0 Å². The van der Waals surface area contributed by atoms with Crippen molar-refractivity contribution in [3.8, 4) is 5.75 Å². The van der Waals surface area contributed by atoms with E-state index in [9.17, 15) is 23.1 Å². The summed E-state index contributed by atoms with van der Waals surface area (Å²) in [4.78, 5) is 13.8. The lowest BCUT2D eigenvalue weighted by Gasteiger charge is -2.07. The molecule has 4 nitrogen and oxygen atoms in total. The summed E-state index contributed by atoms with van der Waals surface area (Å²) in [6, 6.07) is 3.59. The normalized spacial score (nSPS) is 11.8. The minimum atomic E-state index is -4.71. The highest BCUT2D eigenvalue weighted by molar-refractivity contribution is 6.06. The van der Waals surface area contributed by atoms with Crippen molar-refractivity contribution in [2.24, 2.45) is 0 Å². The van der Waals surface area contributed by atoms with E-state index in [1.165, 1.54) is 19.1 Å². The Morgan fingerprint density at radius 1 is 1.42 bits per heavy atom. The van der Waals surface area contributed by atoms with Gasteiger partial charge in [-0.2, -0.15) is 13.2 Å². The number of aromatic amines is 1. The SMILES string of the molecule is CCOC(=O)c1c(C(F)(F)F)[nH]c2ccc(O)cc12. The Morgan fingerprint density at radius 3 is 2.68 bits per heavy atom. The average molecular weight is 273 g/mol. The lowest BCUT2D eigenvalue weighted by molar-refractivity contribution is -0.141. The minimum absolute atomic E-state index is 0.0224. The number of phenols is 1. The van der Waals surface area contributed by atoms with Gasteiger partial charge in [-0.1, -0.05) is 0 Å². The second-order valence-electron chi connectivity index (χ2n) is 3.82. The quantitative estimate of drug-likeness (QED) is 0.826. The van der Waals surface area contributed by atoms with Crippen molar-refractivity contribution in [2.75, 3.05) is 6.61 Å². The maximum absolute atomic E-state index is 12.9. The first kappa shape index (κ1) is 13.3. The largest absolute Gasteiger partial charge is 0.508 e. The van der Waals surface area contributed by atoms with E-state index in [2.05, 4.69) is 9.72 Å². The number of hydrogen-bond donors (Lipinski definition) is 2. The molecule has 102 valence electrons. The van der Waals surface area contributed by atoms with Crippen LogP contribution in [0.1, 0.15) is 23.0 Å². The number of esters is 1. The van der Waals surface area contributed by atoms with Gasteiger partial charge < -0.3 is 14.8 Å². The van der Waals surface area contributed by atoms with Gasteiger partial charge in [-0.25, -0.2) is 4.79 Å². The second kappa shape index (κ2) is 4.49. The van der Waals surface area contributed by atoms with Gasteiger partial charge in [-0.05, 0) is 25.1 Å². The van der Waals surface area contributed by atoms with Crippen LogP contribution in [0.2, 0.25) is 0 Å². The van der Waals surface area contributed by atoms with Gasteiger partial charge in [0.1, 0.15) is 11.4 Å². The number of ether oxygens (including phenoxy) is 1. The molecule has 19 heavy (non-hydrogen) atoms. The summed E-state index contributed by atoms with van der Waals surface area (Å²) in [6.45, 7) is 1.46. The highest BCUT2D eigenvalue weighted by Crippen LogP contribution is 2.36. The molecule has 0 aliphatic rings.